The summed E-state index contributed by atoms with van der Waals surface area (Å²) in [6, 6.07) is 5.16. The molecule has 2 saturated carbocycles. The molecule has 1 saturated heterocycles. The van der Waals surface area contributed by atoms with Crippen LogP contribution >= 0.6 is 11.6 Å². The minimum absolute atomic E-state index is 0.0597. The van der Waals surface area contributed by atoms with E-state index in [2.05, 4.69) is 10.1 Å². The Morgan fingerprint density at radius 1 is 1.23 bits per heavy atom. The smallest absolute Gasteiger partial charge is 0.422 e. The number of nitrogens with one attached hydrogen (secondary N) is 1. The highest BCUT2D eigenvalue weighted by Crippen LogP contribution is 2.37. The summed E-state index contributed by atoms with van der Waals surface area (Å²) in [6.45, 7) is -1.85. The first-order valence-electron chi connectivity index (χ1n) is 12.9. The maximum atomic E-state index is 13.5. The second-order valence-corrected chi connectivity index (χ2v) is 13.2. The highest BCUT2D eigenvalue weighted by molar-refractivity contribution is 7.92. The fourth-order valence-electron chi connectivity index (χ4n) is 5.00. The molecule has 0 bridgehead atoms. The molecule has 3 N–H and O–H groups in total. The van der Waals surface area contributed by atoms with Crippen LogP contribution in [0.1, 0.15) is 51.4 Å². The molecule has 0 unspecified atom stereocenters. The predicted octanol–water partition coefficient (Wildman–Crippen LogP) is 3.67. The van der Waals surface area contributed by atoms with Crippen molar-refractivity contribution in [2.24, 2.45) is 11.7 Å². The van der Waals surface area contributed by atoms with Gasteiger partial charge in [0.1, 0.15) is 11.3 Å². The monoisotopic (exact) mass is 606 g/mol. The third kappa shape index (κ3) is 7.30. The third-order valence-electron chi connectivity index (χ3n) is 7.49. The number of sulfone groups is 1. The van der Waals surface area contributed by atoms with Gasteiger partial charge in [-0.15, -0.1) is 0 Å². The molecule has 4 rings (SSSR count). The molecule has 15 heteroatoms. The minimum Gasteiger partial charge on any atom is -0.484 e. The lowest BCUT2D eigenvalue weighted by atomic mass is 9.84. The molecule has 10 nitrogen and oxygen atoms in total. The van der Waals surface area contributed by atoms with Gasteiger partial charge >= 0.3 is 12.3 Å². The van der Waals surface area contributed by atoms with E-state index in [1.807, 2.05) is 6.07 Å². The molecule has 220 valence electrons. The molecule has 0 aromatic heterocycles. The van der Waals surface area contributed by atoms with Crippen LogP contribution < -0.4 is 15.8 Å². The van der Waals surface area contributed by atoms with Crippen LogP contribution in [0.25, 0.3) is 0 Å². The number of rotatable bonds is 8. The van der Waals surface area contributed by atoms with Crippen LogP contribution in [0.15, 0.2) is 23.1 Å². The number of carbonyl (C=O) groups is 2. The van der Waals surface area contributed by atoms with E-state index in [4.69, 9.17) is 22.1 Å². The van der Waals surface area contributed by atoms with Crippen molar-refractivity contribution in [2.75, 3.05) is 13.2 Å². The van der Waals surface area contributed by atoms with Crippen molar-refractivity contribution in [3.8, 4) is 11.8 Å². The van der Waals surface area contributed by atoms with E-state index < -0.39 is 45.7 Å². The van der Waals surface area contributed by atoms with E-state index in [1.54, 1.807) is 0 Å². The first kappa shape index (κ1) is 30.2. The molecule has 1 aliphatic heterocycles. The normalized spacial score (nSPS) is 26.1. The molecule has 1 heterocycles. The van der Waals surface area contributed by atoms with Crippen molar-refractivity contribution < 1.29 is 40.7 Å². The van der Waals surface area contributed by atoms with Crippen molar-refractivity contribution in [3.05, 3.63) is 23.2 Å². The number of likely N-dealkylation sites (tertiary alicyclic amines) is 1. The van der Waals surface area contributed by atoms with Crippen LogP contribution in [-0.4, -0.2) is 67.7 Å². The largest absolute Gasteiger partial charge is 0.484 e. The quantitative estimate of drug-likeness (QED) is 0.455. The number of alkyl halides is 3. The minimum atomic E-state index is -4.59. The lowest BCUT2D eigenvalue weighted by Gasteiger charge is -2.29. The molecular weight excluding hydrogens is 577 g/mol. The van der Waals surface area contributed by atoms with E-state index in [0.717, 1.165) is 43.9 Å². The van der Waals surface area contributed by atoms with Crippen LogP contribution in [0.4, 0.5) is 18.0 Å². The number of benzene rings is 1. The van der Waals surface area contributed by atoms with Gasteiger partial charge in [-0.1, -0.05) is 11.6 Å². The van der Waals surface area contributed by atoms with Crippen molar-refractivity contribution >= 4 is 33.4 Å². The fourth-order valence-corrected chi connectivity index (χ4v) is 7.22. The van der Waals surface area contributed by atoms with E-state index in [1.165, 1.54) is 4.90 Å². The Morgan fingerprint density at radius 2 is 1.90 bits per heavy atom. The van der Waals surface area contributed by atoms with Crippen molar-refractivity contribution in [3.63, 3.8) is 0 Å². The number of alkyl carbamates (subject to hydrolysis) is 1. The molecule has 3 aliphatic rings. The second-order valence-electron chi connectivity index (χ2n) is 10.6. The third-order valence-corrected chi connectivity index (χ3v) is 10.1. The molecule has 1 aromatic rings. The van der Waals surface area contributed by atoms with E-state index in [9.17, 15) is 36.4 Å². The van der Waals surface area contributed by atoms with Crippen molar-refractivity contribution in [1.82, 2.24) is 10.2 Å². The molecule has 1 aromatic carbocycles. The van der Waals surface area contributed by atoms with Crippen LogP contribution in [0.2, 0.25) is 5.02 Å². The zero-order valence-electron chi connectivity index (χ0n) is 21.5. The van der Waals surface area contributed by atoms with Crippen LogP contribution in [0.3, 0.4) is 0 Å². The van der Waals surface area contributed by atoms with Crippen molar-refractivity contribution in [1.29, 1.82) is 5.26 Å². The Kier molecular flexibility index (Phi) is 8.77. The van der Waals surface area contributed by atoms with E-state index >= 15 is 0 Å². The Bertz CT molecular complexity index is 1280. The maximum Gasteiger partial charge on any atom is 0.422 e. The Balaban J connectivity index is 1.51. The van der Waals surface area contributed by atoms with Gasteiger partial charge in [0, 0.05) is 31.5 Å². The topological polar surface area (TPSA) is 152 Å². The maximum absolute atomic E-state index is 13.5. The molecule has 2 atom stereocenters. The zero-order chi connectivity index (χ0) is 29.3. The Labute approximate surface area is 234 Å². The van der Waals surface area contributed by atoms with Gasteiger partial charge in [0.15, 0.2) is 22.7 Å². The molecule has 3 fully saturated rings. The standard InChI is InChI=1S/C25H30ClF3N4O6S/c26-19-10-17(38-14-25(27,28)29)5-6-20(19)40(36,37)18-11-22(39-23(35)32-24(13-30)7-8-24)33(12-18)21(34)9-15-1-3-16(31)4-2-15/h5-6,10,15-16,18,22H,1-4,7-9,11-12,14,31H2,(H,32,35)/t15?,16?,18-,22+/m1/s1. The summed E-state index contributed by atoms with van der Waals surface area (Å²) in [5.74, 6) is -0.579. The molecule has 2 amide bonds. The number of ether oxygens (including phenoxy) is 2. The van der Waals surface area contributed by atoms with E-state index in [0.29, 0.717) is 12.8 Å². The summed E-state index contributed by atoms with van der Waals surface area (Å²) in [4.78, 5) is 26.7. The summed E-state index contributed by atoms with van der Waals surface area (Å²) in [5, 5.41) is 10.2. The van der Waals surface area contributed by atoms with Gasteiger partial charge in [0.05, 0.1) is 21.2 Å². The average Bonchev–Trinajstić information content (AvgIpc) is 3.51. The number of carbonyl (C=O) groups excluding carboxylic acids is 2. The van der Waals surface area contributed by atoms with Gasteiger partial charge in [-0.2, -0.15) is 18.4 Å². The second kappa shape index (κ2) is 11.6. The molecule has 0 spiro atoms. The average molecular weight is 607 g/mol. The van der Waals surface area contributed by atoms with Crippen molar-refractivity contribution in [2.45, 2.75) is 85.5 Å². The van der Waals surface area contributed by atoms with Crippen LogP contribution in [0, 0.1) is 17.2 Å². The number of amides is 2. The zero-order valence-corrected chi connectivity index (χ0v) is 23.0. The number of halogens is 4. The Morgan fingerprint density at radius 3 is 2.48 bits per heavy atom. The fraction of sp³-hybridized carbons (Fsp3) is 0.640. The molecular formula is C25H30ClF3N4O6S. The highest BCUT2D eigenvalue weighted by atomic mass is 35.5. The first-order chi connectivity index (χ1) is 18.7. The van der Waals surface area contributed by atoms with Gasteiger partial charge in [0.25, 0.3) is 0 Å². The molecule has 40 heavy (non-hydrogen) atoms. The number of hydrogen-bond acceptors (Lipinski definition) is 8. The number of nitrogens with zero attached hydrogens (tertiary/aromatic N) is 2. The number of hydrogen-bond donors (Lipinski definition) is 2. The summed E-state index contributed by atoms with van der Waals surface area (Å²) in [6.07, 6.45) is -2.91. The molecule has 0 radical (unpaired) electrons. The van der Waals surface area contributed by atoms with Gasteiger partial charge in [-0.05, 0) is 56.6 Å². The first-order valence-corrected chi connectivity index (χ1v) is 14.8. The van der Waals surface area contributed by atoms with Crippen LogP contribution in [0.5, 0.6) is 5.75 Å². The van der Waals surface area contributed by atoms with Crippen LogP contribution in [-0.2, 0) is 19.4 Å². The highest BCUT2D eigenvalue weighted by Gasteiger charge is 2.48. The van der Waals surface area contributed by atoms with Gasteiger partial charge in [0.2, 0.25) is 5.91 Å². The summed E-state index contributed by atoms with van der Waals surface area (Å²) in [5.41, 5.74) is 4.93. The van der Waals surface area contributed by atoms with E-state index in [-0.39, 0.29) is 52.9 Å². The SMILES string of the molecule is N#CC1(NC(=O)O[C@H]2C[C@@H](S(=O)(=O)c3ccc(OCC(F)(F)F)cc3Cl)CN2C(=O)CC2CCC(N)CC2)CC1. The summed E-state index contributed by atoms with van der Waals surface area (Å²) >= 11 is 6.14. The summed E-state index contributed by atoms with van der Waals surface area (Å²) < 4.78 is 74.6. The van der Waals surface area contributed by atoms with Gasteiger partial charge in [-0.25, -0.2) is 13.2 Å². The number of nitrogens with two attached hydrogens (primary N) is 1. The Hall–Kier alpha value is -2.76. The summed E-state index contributed by atoms with van der Waals surface area (Å²) in [7, 11) is -4.22. The lowest BCUT2D eigenvalue weighted by Crippen LogP contribution is -2.44. The van der Waals surface area contributed by atoms with Gasteiger partial charge in [-0.3, -0.25) is 4.79 Å². The predicted molar refractivity (Wildman–Crippen MR) is 136 cm³/mol. The number of nitriles is 1. The van der Waals surface area contributed by atoms with Gasteiger partial charge < -0.3 is 25.4 Å². The molecule has 2 aliphatic carbocycles. The lowest BCUT2D eigenvalue weighted by molar-refractivity contribution is -0.153.